The summed E-state index contributed by atoms with van der Waals surface area (Å²) >= 11 is 0. The van der Waals surface area contributed by atoms with Crippen LogP contribution in [-0.2, 0) is 0 Å². The lowest BCUT2D eigenvalue weighted by Gasteiger charge is -2.23. The number of aliphatic hydroxyl groups excluding tert-OH is 1. The van der Waals surface area contributed by atoms with Crippen LogP contribution in [0.3, 0.4) is 0 Å². The summed E-state index contributed by atoms with van der Waals surface area (Å²) in [6.07, 6.45) is 0.528. The fourth-order valence-corrected chi connectivity index (χ4v) is 1.68. The Labute approximate surface area is 88.6 Å². The first-order valence-corrected chi connectivity index (χ1v) is 5.08. The molecule has 0 aliphatic carbocycles. The van der Waals surface area contributed by atoms with Crippen LogP contribution >= 0.6 is 0 Å². The Morgan fingerprint density at radius 1 is 1.33 bits per heavy atom. The van der Waals surface area contributed by atoms with Gasteiger partial charge in [-0.25, -0.2) is 0 Å². The van der Waals surface area contributed by atoms with Crippen LogP contribution in [0.2, 0.25) is 0 Å². The molecule has 1 aliphatic rings. The molecule has 1 aliphatic heterocycles. The summed E-state index contributed by atoms with van der Waals surface area (Å²) in [4.78, 5) is 0. The molecule has 4 heteroatoms. The molecule has 0 unspecified atom stereocenters. The van der Waals surface area contributed by atoms with Crippen LogP contribution in [-0.4, -0.2) is 24.9 Å². The van der Waals surface area contributed by atoms with E-state index in [4.69, 9.17) is 20.3 Å². The number of nitrogens with two attached hydrogens (primary N) is 1. The fraction of sp³-hybridized carbons (Fsp3) is 0.455. The van der Waals surface area contributed by atoms with Crippen molar-refractivity contribution < 1.29 is 14.6 Å². The van der Waals surface area contributed by atoms with Crippen molar-refractivity contribution in [2.45, 2.75) is 12.5 Å². The second kappa shape index (κ2) is 4.51. The average Bonchev–Trinajstić information content (AvgIpc) is 2.28. The SMILES string of the molecule is N[C@H](CCO)c1cccc2c1OCCO2. The topological polar surface area (TPSA) is 64.7 Å². The Hall–Kier alpha value is -1.26. The third-order valence-electron chi connectivity index (χ3n) is 2.44. The van der Waals surface area contributed by atoms with Crippen molar-refractivity contribution in [2.75, 3.05) is 19.8 Å². The van der Waals surface area contributed by atoms with Gasteiger partial charge in [-0.2, -0.15) is 0 Å². The monoisotopic (exact) mass is 209 g/mol. The number of rotatable bonds is 3. The van der Waals surface area contributed by atoms with Crippen LogP contribution in [0.5, 0.6) is 11.5 Å². The second-order valence-electron chi connectivity index (χ2n) is 3.49. The lowest BCUT2D eigenvalue weighted by molar-refractivity contribution is 0.168. The molecule has 0 saturated carbocycles. The van der Waals surface area contributed by atoms with Crippen LogP contribution in [0.25, 0.3) is 0 Å². The minimum absolute atomic E-state index is 0.0751. The van der Waals surface area contributed by atoms with Gasteiger partial charge in [0.1, 0.15) is 13.2 Å². The maximum absolute atomic E-state index is 8.85. The highest BCUT2D eigenvalue weighted by Gasteiger charge is 2.19. The fourth-order valence-electron chi connectivity index (χ4n) is 1.68. The first kappa shape index (κ1) is 10.3. The summed E-state index contributed by atoms with van der Waals surface area (Å²) in [7, 11) is 0. The molecule has 0 radical (unpaired) electrons. The quantitative estimate of drug-likeness (QED) is 0.774. The highest BCUT2D eigenvalue weighted by Crippen LogP contribution is 2.36. The van der Waals surface area contributed by atoms with Crippen molar-refractivity contribution >= 4 is 0 Å². The average molecular weight is 209 g/mol. The zero-order valence-corrected chi connectivity index (χ0v) is 8.48. The van der Waals surface area contributed by atoms with Crippen LogP contribution in [0, 0.1) is 0 Å². The Kier molecular flexibility index (Phi) is 3.08. The molecule has 1 atom stereocenters. The summed E-state index contributed by atoms with van der Waals surface area (Å²) < 4.78 is 11.0. The van der Waals surface area contributed by atoms with Gasteiger partial charge < -0.3 is 20.3 Å². The molecule has 82 valence electrons. The predicted octanol–water partition coefficient (Wildman–Crippen LogP) is 0.840. The maximum atomic E-state index is 8.85. The molecule has 4 nitrogen and oxygen atoms in total. The number of aliphatic hydroxyl groups is 1. The van der Waals surface area contributed by atoms with Crippen molar-refractivity contribution in [1.29, 1.82) is 0 Å². The summed E-state index contributed by atoms with van der Waals surface area (Å²) in [5, 5.41) is 8.85. The van der Waals surface area contributed by atoms with E-state index in [1.165, 1.54) is 0 Å². The number of para-hydroxylation sites is 1. The minimum Gasteiger partial charge on any atom is -0.486 e. The second-order valence-corrected chi connectivity index (χ2v) is 3.49. The lowest BCUT2D eigenvalue weighted by Crippen LogP contribution is -2.20. The van der Waals surface area contributed by atoms with E-state index < -0.39 is 0 Å². The Morgan fingerprint density at radius 2 is 2.13 bits per heavy atom. The van der Waals surface area contributed by atoms with Gasteiger partial charge in [-0.05, 0) is 12.5 Å². The molecular formula is C11H15NO3. The first-order chi connectivity index (χ1) is 7.33. The van der Waals surface area contributed by atoms with E-state index in [9.17, 15) is 0 Å². The van der Waals surface area contributed by atoms with Crippen molar-refractivity contribution in [3.05, 3.63) is 23.8 Å². The summed E-state index contributed by atoms with van der Waals surface area (Å²) in [6, 6.07) is 5.46. The van der Waals surface area contributed by atoms with Crippen molar-refractivity contribution in [2.24, 2.45) is 5.73 Å². The molecule has 3 N–H and O–H groups in total. The Balaban J connectivity index is 2.30. The number of fused-ring (bicyclic) bond motifs is 1. The van der Waals surface area contributed by atoms with Gasteiger partial charge in [0, 0.05) is 18.2 Å². The highest BCUT2D eigenvalue weighted by atomic mass is 16.6. The zero-order chi connectivity index (χ0) is 10.7. The van der Waals surface area contributed by atoms with E-state index in [-0.39, 0.29) is 12.6 Å². The van der Waals surface area contributed by atoms with Crippen LogP contribution in [0.15, 0.2) is 18.2 Å². The Morgan fingerprint density at radius 3 is 2.93 bits per heavy atom. The molecule has 0 amide bonds. The zero-order valence-electron chi connectivity index (χ0n) is 8.48. The van der Waals surface area contributed by atoms with E-state index in [0.717, 1.165) is 17.1 Å². The normalized spacial score (nSPS) is 16.1. The molecule has 0 spiro atoms. The van der Waals surface area contributed by atoms with Crippen LogP contribution in [0.4, 0.5) is 0 Å². The summed E-state index contributed by atoms with van der Waals surface area (Å²) in [5.74, 6) is 1.47. The molecule has 1 aromatic carbocycles. The van der Waals surface area contributed by atoms with Gasteiger partial charge >= 0.3 is 0 Å². The molecule has 2 rings (SSSR count). The molecule has 0 aromatic heterocycles. The van der Waals surface area contributed by atoms with Gasteiger partial charge in [0.15, 0.2) is 11.5 Å². The number of ether oxygens (including phenoxy) is 2. The third kappa shape index (κ3) is 2.06. The smallest absolute Gasteiger partial charge is 0.166 e. The van der Waals surface area contributed by atoms with Crippen LogP contribution < -0.4 is 15.2 Å². The van der Waals surface area contributed by atoms with E-state index in [0.29, 0.717) is 19.6 Å². The van der Waals surface area contributed by atoms with Crippen molar-refractivity contribution in [3.63, 3.8) is 0 Å². The summed E-state index contributed by atoms with van der Waals surface area (Å²) in [6.45, 7) is 1.20. The molecule has 0 fully saturated rings. The molecule has 1 aromatic rings. The third-order valence-corrected chi connectivity index (χ3v) is 2.44. The first-order valence-electron chi connectivity index (χ1n) is 5.08. The van der Waals surface area contributed by atoms with Gasteiger partial charge in [-0.15, -0.1) is 0 Å². The standard InChI is InChI=1S/C11H15NO3/c12-9(4-5-13)8-2-1-3-10-11(8)15-7-6-14-10/h1-3,9,13H,4-7,12H2/t9-/m1/s1. The maximum Gasteiger partial charge on any atom is 0.166 e. The summed E-state index contributed by atoms with van der Waals surface area (Å²) in [5.41, 5.74) is 6.84. The lowest BCUT2D eigenvalue weighted by atomic mass is 10.0. The van der Waals surface area contributed by atoms with Gasteiger partial charge in [0.25, 0.3) is 0 Å². The minimum atomic E-state index is -0.202. The van der Waals surface area contributed by atoms with Crippen molar-refractivity contribution in [3.8, 4) is 11.5 Å². The number of hydrogen-bond donors (Lipinski definition) is 2. The molecule has 0 bridgehead atoms. The molecular weight excluding hydrogens is 194 g/mol. The van der Waals surface area contributed by atoms with E-state index >= 15 is 0 Å². The predicted molar refractivity (Wildman–Crippen MR) is 56.1 cm³/mol. The van der Waals surface area contributed by atoms with E-state index in [1.54, 1.807) is 0 Å². The number of hydrogen-bond acceptors (Lipinski definition) is 4. The van der Waals surface area contributed by atoms with Gasteiger partial charge in [-0.3, -0.25) is 0 Å². The van der Waals surface area contributed by atoms with E-state index in [1.807, 2.05) is 18.2 Å². The van der Waals surface area contributed by atoms with Crippen LogP contribution in [0.1, 0.15) is 18.0 Å². The van der Waals surface area contributed by atoms with E-state index in [2.05, 4.69) is 0 Å². The van der Waals surface area contributed by atoms with Gasteiger partial charge in [0.05, 0.1) is 0 Å². The molecule has 0 saturated heterocycles. The molecule has 1 heterocycles. The highest BCUT2D eigenvalue weighted by molar-refractivity contribution is 5.48. The Bertz CT molecular complexity index is 341. The largest absolute Gasteiger partial charge is 0.486 e. The van der Waals surface area contributed by atoms with Gasteiger partial charge in [-0.1, -0.05) is 12.1 Å². The number of benzene rings is 1. The van der Waals surface area contributed by atoms with Crippen molar-refractivity contribution in [1.82, 2.24) is 0 Å². The van der Waals surface area contributed by atoms with Gasteiger partial charge in [0.2, 0.25) is 0 Å². The molecule has 15 heavy (non-hydrogen) atoms.